The third kappa shape index (κ3) is 5.13. The summed E-state index contributed by atoms with van der Waals surface area (Å²) < 4.78 is 11.5. The first-order valence-corrected chi connectivity index (χ1v) is 11.1. The lowest BCUT2D eigenvalue weighted by Crippen LogP contribution is -2.36. The molecule has 3 heterocycles. The van der Waals surface area contributed by atoms with E-state index in [1.54, 1.807) is 12.1 Å². The number of ether oxygens (including phenoxy) is 2. The summed E-state index contributed by atoms with van der Waals surface area (Å²) in [5, 5.41) is 12.4. The molecular formula is C24H25N7O2. The molecule has 2 aromatic carbocycles. The van der Waals surface area contributed by atoms with Crippen molar-refractivity contribution in [2.24, 2.45) is 0 Å². The van der Waals surface area contributed by atoms with Crippen LogP contribution >= 0.6 is 0 Å². The fourth-order valence-corrected chi connectivity index (χ4v) is 4.07. The van der Waals surface area contributed by atoms with Gasteiger partial charge < -0.3 is 24.6 Å². The average Bonchev–Trinajstić information content (AvgIpc) is 3.33. The standard InChI is InChI=1S/C24H25N7O2/c25-15-18-3-1-6-21(13-18)33-22-7-8-31(16-22)24-27-17-26-23(29-24)28-19-4-2-5-20(14-19)30-9-11-32-12-10-30/h1-6,13-14,17,22H,7-12,16H2,(H,26,27,28,29)/t22-/m1/s1. The number of benzene rings is 2. The highest BCUT2D eigenvalue weighted by atomic mass is 16.5. The van der Waals surface area contributed by atoms with Crippen molar-refractivity contribution in [2.45, 2.75) is 12.5 Å². The molecule has 9 heteroatoms. The van der Waals surface area contributed by atoms with Crippen molar-refractivity contribution in [3.8, 4) is 11.8 Å². The van der Waals surface area contributed by atoms with Crippen LogP contribution in [0.1, 0.15) is 12.0 Å². The fraction of sp³-hybridized carbons (Fsp3) is 0.333. The molecule has 0 unspecified atom stereocenters. The second-order valence-electron chi connectivity index (χ2n) is 8.00. The van der Waals surface area contributed by atoms with Gasteiger partial charge >= 0.3 is 0 Å². The Kier molecular flexibility index (Phi) is 6.17. The number of nitriles is 1. The van der Waals surface area contributed by atoms with Crippen LogP contribution in [0.25, 0.3) is 0 Å². The van der Waals surface area contributed by atoms with Crippen LogP contribution in [-0.4, -0.2) is 60.4 Å². The summed E-state index contributed by atoms with van der Waals surface area (Å²) in [6, 6.07) is 17.6. The molecule has 1 atom stereocenters. The Labute approximate surface area is 192 Å². The molecule has 2 saturated heterocycles. The molecule has 1 N–H and O–H groups in total. The van der Waals surface area contributed by atoms with Gasteiger partial charge in [0.25, 0.3) is 0 Å². The van der Waals surface area contributed by atoms with E-state index in [-0.39, 0.29) is 6.10 Å². The predicted octanol–water partition coefficient (Wildman–Crippen LogP) is 2.98. The van der Waals surface area contributed by atoms with Crippen molar-refractivity contribution < 1.29 is 9.47 Å². The van der Waals surface area contributed by atoms with Gasteiger partial charge in [-0.25, -0.2) is 9.97 Å². The number of rotatable bonds is 6. The van der Waals surface area contributed by atoms with Crippen LogP contribution in [0.5, 0.6) is 5.75 Å². The lowest BCUT2D eigenvalue weighted by atomic mass is 10.2. The number of morpholine rings is 1. The Morgan fingerprint density at radius 2 is 1.91 bits per heavy atom. The van der Waals surface area contributed by atoms with Crippen LogP contribution in [0, 0.1) is 11.3 Å². The smallest absolute Gasteiger partial charge is 0.231 e. The first kappa shape index (κ1) is 21.0. The number of hydrogen-bond donors (Lipinski definition) is 1. The highest BCUT2D eigenvalue weighted by molar-refractivity contribution is 5.62. The van der Waals surface area contributed by atoms with Gasteiger partial charge in [-0.1, -0.05) is 12.1 Å². The molecule has 168 valence electrons. The van der Waals surface area contributed by atoms with E-state index in [9.17, 15) is 0 Å². The van der Waals surface area contributed by atoms with Gasteiger partial charge in [0.05, 0.1) is 31.4 Å². The Morgan fingerprint density at radius 3 is 2.79 bits per heavy atom. The van der Waals surface area contributed by atoms with Crippen LogP contribution in [0.4, 0.5) is 23.3 Å². The summed E-state index contributed by atoms with van der Waals surface area (Å²) in [4.78, 5) is 17.7. The van der Waals surface area contributed by atoms with Gasteiger partial charge in [0.15, 0.2) is 0 Å². The van der Waals surface area contributed by atoms with E-state index < -0.39 is 0 Å². The van der Waals surface area contributed by atoms with Crippen molar-refractivity contribution in [1.82, 2.24) is 15.0 Å². The molecule has 0 bridgehead atoms. The summed E-state index contributed by atoms with van der Waals surface area (Å²) in [5.74, 6) is 1.83. The molecule has 5 rings (SSSR count). The second-order valence-corrected chi connectivity index (χ2v) is 8.00. The van der Waals surface area contributed by atoms with E-state index in [0.717, 1.165) is 50.6 Å². The predicted molar refractivity (Wildman–Crippen MR) is 125 cm³/mol. The molecule has 0 saturated carbocycles. The molecule has 0 radical (unpaired) electrons. The van der Waals surface area contributed by atoms with Crippen LogP contribution < -0.4 is 19.9 Å². The SMILES string of the molecule is N#Cc1cccc(O[C@@H]2CCN(c3ncnc(Nc4cccc(N5CCOCC5)c4)n3)C2)c1. The molecule has 0 spiro atoms. The Balaban J connectivity index is 1.23. The van der Waals surface area contributed by atoms with Gasteiger partial charge in [0, 0.05) is 37.4 Å². The minimum Gasteiger partial charge on any atom is -0.488 e. The quantitative estimate of drug-likeness (QED) is 0.616. The molecule has 9 nitrogen and oxygen atoms in total. The summed E-state index contributed by atoms with van der Waals surface area (Å²) in [6.45, 7) is 4.74. The van der Waals surface area contributed by atoms with Gasteiger partial charge in [-0.2, -0.15) is 10.2 Å². The summed E-state index contributed by atoms with van der Waals surface area (Å²) >= 11 is 0. The lowest BCUT2D eigenvalue weighted by molar-refractivity contribution is 0.122. The van der Waals surface area contributed by atoms with Crippen LogP contribution in [-0.2, 0) is 4.74 Å². The minimum absolute atomic E-state index is 0.0114. The number of nitrogens with zero attached hydrogens (tertiary/aromatic N) is 6. The van der Waals surface area contributed by atoms with Gasteiger partial charge in [-0.05, 0) is 36.4 Å². The molecule has 2 aliphatic heterocycles. The van der Waals surface area contributed by atoms with E-state index in [1.807, 2.05) is 24.3 Å². The van der Waals surface area contributed by atoms with Crippen molar-refractivity contribution in [2.75, 3.05) is 54.5 Å². The maximum atomic E-state index is 9.08. The first-order valence-electron chi connectivity index (χ1n) is 11.1. The Bertz CT molecular complexity index is 1140. The van der Waals surface area contributed by atoms with Crippen molar-refractivity contribution in [3.05, 3.63) is 60.4 Å². The Morgan fingerprint density at radius 1 is 1.03 bits per heavy atom. The minimum atomic E-state index is 0.0114. The van der Waals surface area contributed by atoms with Crippen LogP contribution in [0.2, 0.25) is 0 Å². The fourth-order valence-electron chi connectivity index (χ4n) is 4.07. The van der Waals surface area contributed by atoms with Crippen LogP contribution in [0.3, 0.4) is 0 Å². The van der Waals surface area contributed by atoms with Gasteiger partial charge in [0.1, 0.15) is 18.2 Å². The van der Waals surface area contributed by atoms with E-state index >= 15 is 0 Å². The maximum Gasteiger partial charge on any atom is 0.231 e. The van der Waals surface area contributed by atoms with Crippen molar-refractivity contribution >= 4 is 23.3 Å². The second kappa shape index (κ2) is 9.71. The molecule has 1 aromatic heterocycles. The topological polar surface area (TPSA) is 99.4 Å². The largest absolute Gasteiger partial charge is 0.488 e. The maximum absolute atomic E-state index is 9.08. The zero-order valence-electron chi connectivity index (χ0n) is 18.2. The number of aromatic nitrogens is 3. The highest BCUT2D eigenvalue weighted by Gasteiger charge is 2.26. The summed E-state index contributed by atoms with van der Waals surface area (Å²) in [6.07, 6.45) is 2.39. The van der Waals surface area contributed by atoms with Crippen molar-refractivity contribution in [3.63, 3.8) is 0 Å². The zero-order chi connectivity index (χ0) is 22.5. The number of anilines is 4. The molecule has 2 fully saturated rings. The molecule has 0 amide bonds. The van der Waals surface area contributed by atoms with Crippen molar-refractivity contribution in [1.29, 1.82) is 5.26 Å². The number of nitrogens with one attached hydrogen (secondary N) is 1. The Hall–Kier alpha value is -3.90. The normalized spacial score (nSPS) is 18.1. The van der Waals surface area contributed by atoms with Crippen LogP contribution in [0.15, 0.2) is 54.9 Å². The molecule has 2 aliphatic rings. The average molecular weight is 444 g/mol. The first-order chi connectivity index (χ1) is 16.3. The molecule has 0 aliphatic carbocycles. The molecule has 33 heavy (non-hydrogen) atoms. The third-order valence-corrected chi connectivity index (χ3v) is 5.73. The van der Waals surface area contributed by atoms with E-state index in [4.69, 9.17) is 14.7 Å². The highest BCUT2D eigenvalue weighted by Crippen LogP contribution is 2.24. The number of hydrogen-bond acceptors (Lipinski definition) is 9. The monoisotopic (exact) mass is 443 g/mol. The summed E-state index contributed by atoms with van der Waals surface area (Å²) in [5.41, 5.74) is 2.67. The lowest BCUT2D eigenvalue weighted by Gasteiger charge is -2.29. The third-order valence-electron chi connectivity index (χ3n) is 5.73. The molecular weight excluding hydrogens is 418 g/mol. The van der Waals surface area contributed by atoms with Gasteiger partial charge in [-0.3, -0.25) is 0 Å². The molecule has 3 aromatic rings. The van der Waals surface area contributed by atoms with E-state index in [0.29, 0.717) is 29.8 Å². The van der Waals surface area contributed by atoms with Gasteiger partial charge in [-0.15, -0.1) is 0 Å². The zero-order valence-corrected chi connectivity index (χ0v) is 18.2. The van der Waals surface area contributed by atoms with Gasteiger partial charge in [0.2, 0.25) is 11.9 Å². The summed E-state index contributed by atoms with van der Waals surface area (Å²) in [7, 11) is 0. The van der Waals surface area contributed by atoms with E-state index in [2.05, 4.69) is 48.3 Å². The van der Waals surface area contributed by atoms with E-state index in [1.165, 1.54) is 6.33 Å².